The minimum Gasteiger partial charge on any atom is -0.444 e. The largest absolute Gasteiger partial charge is 0.444 e. The SMILES string of the molecule is Cn1cnc2ccc(C3CN(C(=O)OC(C)(C)C)CCO3)cc21. The second-order valence-electron chi connectivity index (χ2n) is 6.89. The lowest BCUT2D eigenvalue weighted by molar-refractivity contribution is -0.0432. The van der Waals surface area contributed by atoms with Gasteiger partial charge in [-0.2, -0.15) is 0 Å². The van der Waals surface area contributed by atoms with Crippen molar-refractivity contribution in [1.82, 2.24) is 14.5 Å². The molecule has 1 atom stereocenters. The van der Waals surface area contributed by atoms with Gasteiger partial charge >= 0.3 is 6.09 Å². The van der Waals surface area contributed by atoms with Crippen molar-refractivity contribution in [3.63, 3.8) is 0 Å². The second kappa shape index (κ2) is 5.85. The van der Waals surface area contributed by atoms with Gasteiger partial charge in [-0.25, -0.2) is 9.78 Å². The molecule has 0 saturated carbocycles. The fourth-order valence-electron chi connectivity index (χ4n) is 2.69. The number of fused-ring (bicyclic) bond motifs is 1. The minimum atomic E-state index is -0.488. The maximum absolute atomic E-state index is 12.2. The smallest absolute Gasteiger partial charge is 0.410 e. The van der Waals surface area contributed by atoms with Crippen LogP contribution in [-0.4, -0.2) is 45.8 Å². The zero-order valence-corrected chi connectivity index (χ0v) is 14.1. The van der Waals surface area contributed by atoms with Gasteiger partial charge in [0.15, 0.2) is 0 Å². The maximum Gasteiger partial charge on any atom is 0.410 e. The highest BCUT2D eigenvalue weighted by molar-refractivity contribution is 5.76. The van der Waals surface area contributed by atoms with Crippen LogP contribution in [0.1, 0.15) is 32.4 Å². The molecule has 0 bridgehead atoms. The standard InChI is InChI=1S/C17H23N3O3/c1-17(2,3)23-16(21)20-7-8-22-15(10-20)12-5-6-13-14(9-12)19(4)11-18-13/h5-6,9,11,15H,7-8,10H2,1-4H3. The van der Waals surface area contributed by atoms with E-state index in [9.17, 15) is 4.79 Å². The van der Waals surface area contributed by atoms with E-state index < -0.39 is 5.60 Å². The van der Waals surface area contributed by atoms with Crippen LogP contribution in [0.3, 0.4) is 0 Å². The lowest BCUT2D eigenvalue weighted by Gasteiger charge is -2.34. The zero-order chi connectivity index (χ0) is 16.6. The average Bonchev–Trinajstić information content (AvgIpc) is 2.87. The number of rotatable bonds is 1. The van der Waals surface area contributed by atoms with Crippen LogP contribution < -0.4 is 0 Å². The van der Waals surface area contributed by atoms with Crippen molar-refractivity contribution >= 4 is 17.1 Å². The van der Waals surface area contributed by atoms with Crippen LogP contribution in [0, 0.1) is 0 Å². The van der Waals surface area contributed by atoms with Crippen LogP contribution in [0.25, 0.3) is 11.0 Å². The summed E-state index contributed by atoms with van der Waals surface area (Å²) < 4.78 is 13.3. The number of ether oxygens (including phenoxy) is 2. The van der Waals surface area contributed by atoms with Gasteiger partial charge < -0.3 is 18.9 Å². The van der Waals surface area contributed by atoms with Gasteiger partial charge in [0.25, 0.3) is 0 Å². The van der Waals surface area contributed by atoms with Crippen LogP contribution >= 0.6 is 0 Å². The topological polar surface area (TPSA) is 56.6 Å². The molecule has 0 radical (unpaired) electrons. The van der Waals surface area contributed by atoms with E-state index in [0.29, 0.717) is 19.7 Å². The second-order valence-corrected chi connectivity index (χ2v) is 6.89. The van der Waals surface area contributed by atoms with Crippen molar-refractivity contribution in [1.29, 1.82) is 0 Å². The molecular formula is C17H23N3O3. The predicted octanol–water partition coefficient (Wildman–Crippen LogP) is 2.88. The van der Waals surface area contributed by atoms with Crippen molar-refractivity contribution in [2.24, 2.45) is 7.05 Å². The van der Waals surface area contributed by atoms with E-state index in [0.717, 1.165) is 16.6 Å². The summed E-state index contributed by atoms with van der Waals surface area (Å²) in [6.45, 7) is 7.18. The molecule has 1 aliphatic heterocycles. The van der Waals surface area contributed by atoms with Gasteiger partial charge in [0, 0.05) is 13.6 Å². The summed E-state index contributed by atoms with van der Waals surface area (Å²) in [6, 6.07) is 6.07. The molecule has 6 heteroatoms. The van der Waals surface area contributed by atoms with Gasteiger partial charge in [0.05, 0.1) is 30.5 Å². The fourth-order valence-corrected chi connectivity index (χ4v) is 2.69. The molecule has 2 heterocycles. The molecule has 3 rings (SSSR count). The van der Waals surface area contributed by atoms with Crippen LogP contribution in [0.4, 0.5) is 4.79 Å². The molecule has 1 fully saturated rings. The molecule has 0 aliphatic carbocycles. The number of nitrogens with zero attached hydrogens (tertiary/aromatic N) is 3. The van der Waals surface area contributed by atoms with E-state index >= 15 is 0 Å². The highest BCUT2D eigenvalue weighted by atomic mass is 16.6. The summed E-state index contributed by atoms with van der Waals surface area (Å²) >= 11 is 0. The number of aryl methyl sites for hydroxylation is 1. The zero-order valence-electron chi connectivity index (χ0n) is 14.1. The molecule has 1 aliphatic rings. The molecule has 0 N–H and O–H groups in total. The monoisotopic (exact) mass is 317 g/mol. The molecule has 1 aromatic heterocycles. The van der Waals surface area contributed by atoms with Gasteiger partial charge in [0.1, 0.15) is 11.7 Å². The van der Waals surface area contributed by atoms with E-state index in [4.69, 9.17) is 9.47 Å². The Balaban J connectivity index is 1.77. The summed E-state index contributed by atoms with van der Waals surface area (Å²) in [5.41, 5.74) is 2.57. The molecule has 6 nitrogen and oxygen atoms in total. The Morgan fingerprint density at radius 1 is 1.39 bits per heavy atom. The molecule has 2 aromatic rings. The molecular weight excluding hydrogens is 294 g/mol. The first kappa shape index (κ1) is 15.8. The molecule has 23 heavy (non-hydrogen) atoms. The Bertz CT molecular complexity index is 717. The highest BCUT2D eigenvalue weighted by Crippen LogP contribution is 2.26. The van der Waals surface area contributed by atoms with E-state index in [1.54, 1.807) is 11.2 Å². The van der Waals surface area contributed by atoms with Gasteiger partial charge in [-0.15, -0.1) is 0 Å². The molecule has 1 unspecified atom stereocenters. The highest BCUT2D eigenvalue weighted by Gasteiger charge is 2.29. The summed E-state index contributed by atoms with van der Waals surface area (Å²) in [5, 5.41) is 0. The van der Waals surface area contributed by atoms with Crippen molar-refractivity contribution in [3.8, 4) is 0 Å². The Morgan fingerprint density at radius 2 is 2.17 bits per heavy atom. The summed E-state index contributed by atoms with van der Waals surface area (Å²) in [6.07, 6.45) is 1.37. The normalized spacial score (nSPS) is 19.1. The van der Waals surface area contributed by atoms with Crippen molar-refractivity contribution in [2.45, 2.75) is 32.5 Å². The number of carbonyl (C=O) groups excluding carboxylic acids is 1. The van der Waals surface area contributed by atoms with E-state index in [2.05, 4.69) is 11.1 Å². The number of morpholine rings is 1. The van der Waals surface area contributed by atoms with Crippen LogP contribution in [-0.2, 0) is 16.5 Å². The van der Waals surface area contributed by atoms with Crippen molar-refractivity contribution in [2.75, 3.05) is 19.7 Å². The molecule has 1 aromatic carbocycles. The van der Waals surface area contributed by atoms with Gasteiger partial charge in [-0.05, 0) is 38.5 Å². The summed E-state index contributed by atoms with van der Waals surface area (Å²) in [4.78, 5) is 18.3. The summed E-state index contributed by atoms with van der Waals surface area (Å²) in [5.74, 6) is 0. The first-order valence-corrected chi connectivity index (χ1v) is 7.84. The van der Waals surface area contributed by atoms with Crippen molar-refractivity contribution in [3.05, 3.63) is 30.1 Å². The first-order valence-electron chi connectivity index (χ1n) is 7.84. The average molecular weight is 317 g/mol. The van der Waals surface area contributed by atoms with Crippen LogP contribution in [0.2, 0.25) is 0 Å². The van der Waals surface area contributed by atoms with Gasteiger partial charge in [0.2, 0.25) is 0 Å². The van der Waals surface area contributed by atoms with E-state index in [1.807, 2.05) is 44.5 Å². The van der Waals surface area contributed by atoms with Crippen LogP contribution in [0.5, 0.6) is 0 Å². The first-order chi connectivity index (χ1) is 10.8. The third-order valence-corrected chi connectivity index (χ3v) is 3.84. The van der Waals surface area contributed by atoms with E-state index in [1.165, 1.54) is 0 Å². The number of hydrogen-bond acceptors (Lipinski definition) is 4. The predicted molar refractivity (Wildman–Crippen MR) is 87.2 cm³/mol. The minimum absolute atomic E-state index is 0.143. The maximum atomic E-state index is 12.2. The van der Waals surface area contributed by atoms with Gasteiger partial charge in [-0.3, -0.25) is 0 Å². The Labute approximate surface area is 136 Å². The number of aromatic nitrogens is 2. The molecule has 124 valence electrons. The molecule has 1 saturated heterocycles. The number of hydrogen-bond donors (Lipinski definition) is 0. The van der Waals surface area contributed by atoms with Crippen LogP contribution in [0.15, 0.2) is 24.5 Å². The quantitative estimate of drug-likeness (QED) is 0.811. The summed E-state index contributed by atoms with van der Waals surface area (Å²) in [7, 11) is 1.97. The molecule has 1 amide bonds. The van der Waals surface area contributed by atoms with E-state index in [-0.39, 0.29) is 12.2 Å². The Kier molecular flexibility index (Phi) is 4.02. The van der Waals surface area contributed by atoms with Crippen molar-refractivity contribution < 1.29 is 14.3 Å². The Morgan fingerprint density at radius 3 is 2.91 bits per heavy atom. The lowest BCUT2D eigenvalue weighted by atomic mass is 10.1. The molecule has 0 spiro atoms. The number of benzene rings is 1. The number of carbonyl (C=O) groups is 1. The Hall–Kier alpha value is -2.08. The third-order valence-electron chi connectivity index (χ3n) is 3.84. The number of imidazole rings is 1. The lowest BCUT2D eigenvalue weighted by Crippen LogP contribution is -2.44. The number of amides is 1. The fraction of sp³-hybridized carbons (Fsp3) is 0.529. The van der Waals surface area contributed by atoms with Gasteiger partial charge in [-0.1, -0.05) is 6.07 Å². The third kappa shape index (κ3) is 3.47.